The summed E-state index contributed by atoms with van der Waals surface area (Å²) in [5, 5.41) is 0. The summed E-state index contributed by atoms with van der Waals surface area (Å²) in [5.74, 6) is 0. The van der Waals surface area contributed by atoms with E-state index in [1.165, 1.54) is 9.13 Å². The van der Waals surface area contributed by atoms with Gasteiger partial charge in [0.05, 0.1) is 0 Å². The summed E-state index contributed by atoms with van der Waals surface area (Å²) in [7, 11) is 0. The molecule has 0 saturated heterocycles. The minimum atomic E-state index is 0.223. The topological polar surface area (TPSA) is 0 Å². The molecule has 59 valence electrons. The van der Waals surface area contributed by atoms with Gasteiger partial charge in [0.15, 0.2) is 0 Å². The molecule has 11 heavy (non-hydrogen) atoms. The van der Waals surface area contributed by atoms with E-state index in [0.29, 0.717) is 0 Å². The summed E-state index contributed by atoms with van der Waals surface area (Å²) in [6.45, 7) is 6.61. The Morgan fingerprint density at radius 3 is 2.36 bits per heavy atom. The van der Waals surface area contributed by atoms with Gasteiger partial charge in [0, 0.05) is 3.57 Å². The fourth-order valence-corrected chi connectivity index (χ4v) is 1.36. The Labute approximate surface area is 82.2 Å². The molecular weight excluding hydrogens is 247 g/mol. The largest absolute Gasteiger partial charge is 0.0561 e. The Bertz CT molecular complexity index is 245. The number of rotatable bonds is 0. The van der Waals surface area contributed by atoms with Gasteiger partial charge in [-0.25, -0.2) is 0 Å². The lowest BCUT2D eigenvalue weighted by molar-refractivity contribution is 0.589. The van der Waals surface area contributed by atoms with Crippen molar-refractivity contribution in [2.75, 3.05) is 0 Å². The van der Waals surface area contributed by atoms with Crippen LogP contribution in [0.2, 0.25) is 0 Å². The van der Waals surface area contributed by atoms with Crippen molar-refractivity contribution in [1.82, 2.24) is 0 Å². The standard InChI is InChI=1S/C10H12I/c1-10(2,3)8-5-4-6-9(11)7-8/h4,6-7H,1-3H3. The molecule has 0 atom stereocenters. The van der Waals surface area contributed by atoms with Gasteiger partial charge in [-0.2, -0.15) is 0 Å². The van der Waals surface area contributed by atoms with Gasteiger partial charge in [0.2, 0.25) is 0 Å². The normalized spacial score (nSPS) is 11.6. The monoisotopic (exact) mass is 259 g/mol. The van der Waals surface area contributed by atoms with Gasteiger partial charge < -0.3 is 0 Å². The third-order valence-corrected chi connectivity index (χ3v) is 2.24. The molecule has 0 bridgehead atoms. The highest BCUT2D eigenvalue weighted by atomic mass is 127. The van der Waals surface area contributed by atoms with Crippen LogP contribution in [-0.4, -0.2) is 0 Å². The van der Waals surface area contributed by atoms with E-state index in [1.54, 1.807) is 0 Å². The van der Waals surface area contributed by atoms with E-state index in [2.05, 4.69) is 61.6 Å². The first kappa shape index (κ1) is 9.04. The van der Waals surface area contributed by atoms with Gasteiger partial charge in [0.1, 0.15) is 0 Å². The van der Waals surface area contributed by atoms with Gasteiger partial charge in [0.25, 0.3) is 0 Å². The van der Waals surface area contributed by atoms with Gasteiger partial charge in [-0.15, -0.1) is 0 Å². The van der Waals surface area contributed by atoms with Crippen molar-refractivity contribution in [2.45, 2.75) is 26.2 Å². The van der Waals surface area contributed by atoms with E-state index < -0.39 is 0 Å². The Hall–Kier alpha value is -0.0500. The number of hydrogen-bond donors (Lipinski definition) is 0. The van der Waals surface area contributed by atoms with E-state index in [9.17, 15) is 0 Å². The van der Waals surface area contributed by atoms with Gasteiger partial charge in [-0.1, -0.05) is 26.8 Å². The molecule has 1 heteroatoms. The maximum Gasteiger partial charge on any atom is 0.0133 e. The molecule has 1 aromatic carbocycles. The van der Waals surface area contributed by atoms with E-state index in [1.807, 2.05) is 6.07 Å². The van der Waals surface area contributed by atoms with Gasteiger partial charge >= 0.3 is 0 Å². The lowest BCUT2D eigenvalue weighted by atomic mass is 9.87. The maximum atomic E-state index is 3.24. The Kier molecular flexibility index (Phi) is 2.58. The Morgan fingerprint density at radius 2 is 2.00 bits per heavy atom. The minimum absolute atomic E-state index is 0.223. The van der Waals surface area contributed by atoms with E-state index in [0.717, 1.165) is 0 Å². The summed E-state index contributed by atoms with van der Waals surface area (Å²) < 4.78 is 1.28. The van der Waals surface area contributed by atoms with Crippen LogP contribution in [0.25, 0.3) is 0 Å². The smallest absolute Gasteiger partial charge is 0.0133 e. The van der Waals surface area contributed by atoms with Crippen molar-refractivity contribution in [1.29, 1.82) is 0 Å². The molecule has 0 unspecified atom stereocenters. The summed E-state index contributed by atoms with van der Waals surface area (Å²) in [5.41, 5.74) is 1.51. The fraction of sp³-hybridized carbons (Fsp3) is 0.400. The molecule has 1 aromatic rings. The minimum Gasteiger partial charge on any atom is -0.0561 e. The first-order valence-corrected chi connectivity index (χ1v) is 4.76. The number of benzene rings is 1. The second kappa shape index (κ2) is 3.13. The SMILES string of the molecule is CC(C)(C)c1[c]ccc(I)c1. The molecule has 0 amide bonds. The quantitative estimate of drug-likeness (QED) is 0.626. The lowest BCUT2D eigenvalue weighted by Crippen LogP contribution is -2.10. The van der Waals surface area contributed by atoms with Crippen LogP contribution in [-0.2, 0) is 5.41 Å². The van der Waals surface area contributed by atoms with Gasteiger partial charge in [-0.05, 0) is 51.8 Å². The van der Waals surface area contributed by atoms with Gasteiger partial charge in [-0.3, -0.25) is 0 Å². The molecule has 0 aliphatic rings. The van der Waals surface area contributed by atoms with Crippen LogP contribution < -0.4 is 0 Å². The summed E-state index contributed by atoms with van der Waals surface area (Å²) in [6, 6.07) is 9.48. The highest BCUT2D eigenvalue weighted by Crippen LogP contribution is 2.22. The lowest BCUT2D eigenvalue weighted by Gasteiger charge is -2.18. The van der Waals surface area contributed by atoms with Crippen molar-refractivity contribution in [2.24, 2.45) is 0 Å². The zero-order valence-electron chi connectivity index (χ0n) is 7.11. The Balaban J connectivity index is 3.06. The molecule has 0 N–H and O–H groups in total. The molecular formula is C10H12I. The number of hydrogen-bond acceptors (Lipinski definition) is 0. The molecule has 0 spiro atoms. The molecule has 0 aliphatic heterocycles. The average Bonchev–Trinajstić information content (AvgIpc) is 1.86. The molecule has 0 nitrogen and oxygen atoms in total. The zero-order valence-corrected chi connectivity index (χ0v) is 9.27. The predicted octanol–water partition coefficient (Wildman–Crippen LogP) is 3.39. The molecule has 0 heterocycles. The van der Waals surface area contributed by atoms with Crippen LogP contribution in [0, 0.1) is 9.64 Å². The van der Waals surface area contributed by atoms with Crippen LogP contribution in [0.15, 0.2) is 18.2 Å². The molecule has 0 saturated carbocycles. The molecule has 1 radical (unpaired) electrons. The molecule has 0 aliphatic carbocycles. The van der Waals surface area contributed by atoms with Crippen LogP contribution in [0.4, 0.5) is 0 Å². The first-order valence-electron chi connectivity index (χ1n) is 3.68. The van der Waals surface area contributed by atoms with E-state index in [4.69, 9.17) is 0 Å². The van der Waals surface area contributed by atoms with Crippen LogP contribution >= 0.6 is 22.6 Å². The highest BCUT2D eigenvalue weighted by molar-refractivity contribution is 14.1. The van der Waals surface area contributed by atoms with Crippen LogP contribution in [0.3, 0.4) is 0 Å². The maximum absolute atomic E-state index is 3.24. The summed E-state index contributed by atoms with van der Waals surface area (Å²) >= 11 is 2.33. The third-order valence-electron chi connectivity index (χ3n) is 1.57. The van der Waals surface area contributed by atoms with Crippen molar-refractivity contribution in [3.63, 3.8) is 0 Å². The van der Waals surface area contributed by atoms with Crippen molar-refractivity contribution < 1.29 is 0 Å². The summed E-state index contributed by atoms with van der Waals surface area (Å²) in [4.78, 5) is 0. The second-order valence-electron chi connectivity index (χ2n) is 3.67. The van der Waals surface area contributed by atoms with Crippen molar-refractivity contribution in [3.8, 4) is 0 Å². The van der Waals surface area contributed by atoms with E-state index >= 15 is 0 Å². The van der Waals surface area contributed by atoms with Crippen LogP contribution in [0.1, 0.15) is 26.3 Å². The third kappa shape index (κ3) is 2.47. The zero-order chi connectivity index (χ0) is 8.48. The highest BCUT2D eigenvalue weighted by Gasteiger charge is 2.12. The predicted molar refractivity (Wildman–Crippen MR) is 56.7 cm³/mol. The molecule has 1 rings (SSSR count). The fourth-order valence-electron chi connectivity index (χ4n) is 0.872. The second-order valence-corrected chi connectivity index (χ2v) is 4.92. The van der Waals surface area contributed by atoms with Crippen molar-refractivity contribution in [3.05, 3.63) is 33.4 Å². The Morgan fingerprint density at radius 1 is 1.36 bits per heavy atom. The summed E-state index contributed by atoms with van der Waals surface area (Å²) in [6.07, 6.45) is 0. The van der Waals surface area contributed by atoms with Crippen LogP contribution in [0.5, 0.6) is 0 Å². The average molecular weight is 259 g/mol. The van der Waals surface area contributed by atoms with E-state index in [-0.39, 0.29) is 5.41 Å². The molecule has 0 aromatic heterocycles. The first-order chi connectivity index (χ1) is 5.00. The number of halogens is 1. The van der Waals surface area contributed by atoms with Crippen molar-refractivity contribution >= 4 is 22.6 Å². The molecule has 0 fully saturated rings.